The number of rotatable bonds is 7. The van der Waals surface area contributed by atoms with Crippen LogP contribution in [0.4, 0.5) is 0 Å². The van der Waals surface area contributed by atoms with E-state index in [1.165, 1.54) is 0 Å². The average molecular weight is 210 g/mol. The molecule has 0 aromatic carbocycles. The van der Waals surface area contributed by atoms with E-state index >= 15 is 0 Å². The Hall–Kier alpha value is -1.05. The lowest BCUT2D eigenvalue weighted by molar-refractivity contribution is -0.144. The van der Waals surface area contributed by atoms with E-state index in [9.17, 15) is 4.79 Å². The molecule has 2 nitrogen and oxygen atoms in total. The molecular weight excluding hydrogens is 188 g/mol. The van der Waals surface area contributed by atoms with E-state index in [1.807, 2.05) is 20.8 Å². The van der Waals surface area contributed by atoms with Crippen LogP contribution in [0.1, 0.15) is 33.6 Å². The van der Waals surface area contributed by atoms with E-state index in [-0.39, 0.29) is 17.8 Å². The maximum atomic E-state index is 11.1. The van der Waals surface area contributed by atoms with Gasteiger partial charge in [0.1, 0.15) is 0 Å². The number of hydrogen-bond donors (Lipinski definition) is 1. The Morgan fingerprint density at radius 1 is 1.47 bits per heavy atom. The van der Waals surface area contributed by atoms with E-state index in [4.69, 9.17) is 5.11 Å². The fourth-order valence-electron chi connectivity index (χ4n) is 1.82. The van der Waals surface area contributed by atoms with Crippen molar-refractivity contribution in [3.8, 4) is 0 Å². The molecule has 15 heavy (non-hydrogen) atoms. The predicted molar refractivity (Wildman–Crippen MR) is 63.7 cm³/mol. The van der Waals surface area contributed by atoms with Crippen molar-refractivity contribution in [3.63, 3.8) is 0 Å². The molecule has 0 amide bonds. The van der Waals surface area contributed by atoms with Gasteiger partial charge in [-0.25, -0.2) is 0 Å². The number of allylic oxidation sites excluding steroid dienone is 2. The summed E-state index contributed by atoms with van der Waals surface area (Å²) in [5.74, 6) is -0.881. The van der Waals surface area contributed by atoms with Crippen molar-refractivity contribution >= 4 is 5.97 Å². The van der Waals surface area contributed by atoms with Crippen molar-refractivity contribution in [3.05, 3.63) is 24.8 Å². The van der Waals surface area contributed by atoms with Crippen LogP contribution in [0.15, 0.2) is 24.8 Å². The van der Waals surface area contributed by atoms with E-state index in [2.05, 4.69) is 13.2 Å². The number of carboxylic acid groups (broad SMARTS) is 1. The molecule has 0 aromatic rings. The SMILES string of the molecule is C=C[C@H](CCC(=C)C)[C@H](C(=O)O)C(C)C. The van der Waals surface area contributed by atoms with Crippen LogP contribution < -0.4 is 0 Å². The molecule has 86 valence electrons. The van der Waals surface area contributed by atoms with E-state index in [0.717, 1.165) is 18.4 Å². The predicted octanol–water partition coefficient (Wildman–Crippen LogP) is 3.50. The minimum absolute atomic E-state index is 0.0409. The summed E-state index contributed by atoms with van der Waals surface area (Å²) < 4.78 is 0. The fourth-order valence-corrected chi connectivity index (χ4v) is 1.82. The molecule has 2 atom stereocenters. The van der Waals surface area contributed by atoms with Crippen LogP contribution in [-0.4, -0.2) is 11.1 Å². The van der Waals surface area contributed by atoms with Gasteiger partial charge in [0.15, 0.2) is 0 Å². The molecule has 0 aliphatic rings. The molecule has 0 saturated heterocycles. The Morgan fingerprint density at radius 3 is 2.27 bits per heavy atom. The van der Waals surface area contributed by atoms with Gasteiger partial charge in [-0.05, 0) is 31.6 Å². The summed E-state index contributed by atoms with van der Waals surface area (Å²) in [4.78, 5) is 11.1. The first kappa shape index (κ1) is 13.9. The highest BCUT2D eigenvalue weighted by atomic mass is 16.4. The zero-order valence-corrected chi connectivity index (χ0v) is 9.99. The Labute approximate surface area is 92.7 Å². The Morgan fingerprint density at radius 2 is 2.00 bits per heavy atom. The molecule has 0 heterocycles. The summed E-state index contributed by atoms with van der Waals surface area (Å²) in [5, 5.41) is 9.14. The van der Waals surface area contributed by atoms with Crippen molar-refractivity contribution < 1.29 is 9.90 Å². The van der Waals surface area contributed by atoms with Crippen LogP contribution in [-0.2, 0) is 4.79 Å². The molecule has 0 rings (SSSR count). The summed E-state index contributed by atoms with van der Waals surface area (Å²) >= 11 is 0. The van der Waals surface area contributed by atoms with Crippen molar-refractivity contribution in [2.75, 3.05) is 0 Å². The number of hydrogen-bond acceptors (Lipinski definition) is 1. The number of carbonyl (C=O) groups is 1. The minimum atomic E-state index is -0.725. The molecule has 0 fully saturated rings. The maximum absolute atomic E-state index is 11.1. The van der Waals surface area contributed by atoms with Crippen LogP contribution in [0, 0.1) is 17.8 Å². The van der Waals surface area contributed by atoms with Crippen molar-refractivity contribution in [2.24, 2.45) is 17.8 Å². The van der Waals surface area contributed by atoms with E-state index in [1.54, 1.807) is 6.08 Å². The van der Waals surface area contributed by atoms with Crippen molar-refractivity contribution in [2.45, 2.75) is 33.6 Å². The first-order chi connectivity index (χ1) is 6.90. The summed E-state index contributed by atoms with van der Waals surface area (Å²) in [6.45, 7) is 13.4. The van der Waals surface area contributed by atoms with Gasteiger partial charge in [-0.3, -0.25) is 4.79 Å². The number of aliphatic carboxylic acids is 1. The molecule has 0 saturated carbocycles. The second-order valence-electron chi connectivity index (χ2n) is 4.50. The first-order valence-electron chi connectivity index (χ1n) is 5.39. The minimum Gasteiger partial charge on any atom is -0.481 e. The van der Waals surface area contributed by atoms with Gasteiger partial charge < -0.3 is 5.11 Å². The fraction of sp³-hybridized carbons (Fsp3) is 0.615. The van der Waals surface area contributed by atoms with Gasteiger partial charge in [0.05, 0.1) is 5.92 Å². The third-order valence-corrected chi connectivity index (χ3v) is 2.67. The molecule has 0 radical (unpaired) electrons. The first-order valence-corrected chi connectivity index (χ1v) is 5.39. The van der Waals surface area contributed by atoms with Gasteiger partial charge in [0, 0.05) is 0 Å². The lowest BCUT2D eigenvalue weighted by Crippen LogP contribution is -2.27. The van der Waals surface area contributed by atoms with Gasteiger partial charge in [-0.15, -0.1) is 13.2 Å². The summed E-state index contributed by atoms with van der Waals surface area (Å²) in [5.41, 5.74) is 1.09. The topological polar surface area (TPSA) is 37.3 Å². The highest BCUT2D eigenvalue weighted by Gasteiger charge is 2.28. The Bertz CT molecular complexity index is 241. The second kappa shape index (κ2) is 6.44. The second-order valence-corrected chi connectivity index (χ2v) is 4.50. The quantitative estimate of drug-likeness (QED) is 0.653. The molecule has 0 aliphatic heterocycles. The van der Waals surface area contributed by atoms with E-state index < -0.39 is 5.97 Å². The third kappa shape index (κ3) is 4.82. The van der Waals surface area contributed by atoms with Gasteiger partial charge in [-0.1, -0.05) is 25.5 Å². The van der Waals surface area contributed by atoms with Crippen LogP contribution in [0.25, 0.3) is 0 Å². The average Bonchev–Trinajstić information content (AvgIpc) is 2.09. The molecule has 0 spiro atoms. The van der Waals surface area contributed by atoms with Gasteiger partial charge >= 0.3 is 5.97 Å². The highest BCUT2D eigenvalue weighted by molar-refractivity contribution is 5.71. The van der Waals surface area contributed by atoms with Crippen molar-refractivity contribution in [1.82, 2.24) is 0 Å². The zero-order chi connectivity index (χ0) is 12.0. The van der Waals surface area contributed by atoms with Gasteiger partial charge in [0.2, 0.25) is 0 Å². The molecule has 0 aliphatic carbocycles. The Balaban J connectivity index is 4.52. The van der Waals surface area contributed by atoms with Crippen LogP contribution in [0.3, 0.4) is 0 Å². The normalized spacial score (nSPS) is 14.7. The highest BCUT2D eigenvalue weighted by Crippen LogP contribution is 2.27. The standard InChI is InChI=1S/C13H22O2/c1-6-11(8-7-9(2)3)12(10(4)5)13(14)15/h6,10-12H,1-2,7-8H2,3-5H3,(H,14,15)/t11-,12-/m1/s1. The Kier molecular flexibility index (Phi) is 5.99. The zero-order valence-electron chi connectivity index (χ0n) is 9.99. The van der Waals surface area contributed by atoms with Crippen molar-refractivity contribution in [1.29, 1.82) is 0 Å². The lowest BCUT2D eigenvalue weighted by atomic mass is 9.80. The number of carboxylic acids is 1. The van der Waals surface area contributed by atoms with Gasteiger partial charge in [-0.2, -0.15) is 0 Å². The van der Waals surface area contributed by atoms with Crippen LogP contribution >= 0.6 is 0 Å². The molecule has 0 bridgehead atoms. The van der Waals surface area contributed by atoms with Crippen LogP contribution in [0.5, 0.6) is 0 Å². The molecule has 0 aromatic heterocycles. The maximum Gasteiger partial charge on any atom is 0.307 e. The van der Waals surface area contributed by atoms with Gasteiger partial charge in [0.25, 0.3) is 0 Å². The summed E-state index contributed by atoms with van der Waals surface area (Å²) in [6.07, 6.45) is 3.46. The molecule has 2 heteroatoms. The lowest BCUT2D eigenvalue weighted by Gasteiger charge is -2.24. The van der Waals surface area contributed by atoms with E-state index in [0.29, 0.717) is 0 Å². The smallest absolute Gasteiger partial charge is 0.307 e. The monoisotopic (exact) mass is 210 g/mol. The third-order valence-electron chi connectivity index (χ3n) is 2.67. The molecular formula is C13H22O2. The summed E-state index contributed by atoms with van der Waals surface area (Å²) in [7, 11) is 0. The molecule has 1 N–H and O–H groups in total. The molecule has 0 unspecified atom stereocenters. The summed E-state index contributed by atoms with van der Waals surface area (Å²) in [6, 6.07) is 0. The largest absolute Gasteiger partial charge is 0.481 e. The van der Waals surface area contributed by atoms with Crippen LogP contribution in [0.2, 0.25) is 0 Å².